The Morgan fingerprint density at radius 2 is 1.91 bits per heavy atom. The van der Waals surface area contributed by atoms with Crippen LogP contribution in [0.1, 0.15) is 56.9 Å². The van der Waals surface area contributed by atoms with Crippen LogP contribution in [0.2, 0.25) is 0 Å². The predicted octanol–water partition coefficient (Wildman–Crippen LogP) is 2.71. The molecule has 0 bridgehead atoms. The van der Waals surface area contributed by atoms with Crippen molar-refractivity contribution in [2.24, 2.45) is 0 Å². The second kappa shape index (κ2) is 5.60. The van der Waals surface area contributed by atoms with E-state index in [-0.39, 0.29) is 11.3 Å². The summed E-state index contributed by atoms with van der Waals surface area (Å²) in [5.41, 5.74) is 1.48. The minimum absolute atomic E-state index is 0.181. The average molecular weight is 314 g/mol. The summed E-state index contributed by atoms with van der Waals surface area (Å²) < 4.78 is 0. The van der Waals surface area contributed by atoms with Crippen LogP contribution in [0.15, 0.2) is 24.3 Å². The lowest BCUT2D eigenvalue weighted by molar-refractivity contribution is -0.122. The first-order chi connectivity index (χ1) is 11.1. The van der Waals surface area contributed by atoms with Gasteiger partial charge >= 0.3 is 0 Å². The molecule has 124 valence electrons. The molecule has 1 amide bonds. The van der Waals surface area contributed by atoms with Crippen LogP contribution >= 0.6 is 0 Å². The van der Waals surface area contributed by atoms with Gasteiger partial charge in [-0.15, -0.1) is 0 Å². The standard InChI is InChI=1S/C19H26N2O2/c22-17-19(15-4-1-2-5-16(15)21-17)10-6-14(7-11-19)20-13-12-18(23)8-3-9-18/h1-2,4-5,14,20,23H,3,6-13H2,(H,21,22). The molecule has 4 rings (SSSR count). The second-order valence-electron chi connectivity index (χ2n) is 7.64. The third kappa shape index (κ3) is 2.58. The van der Waals surface area contributed by atoms with Crippen LogP contribution in [0.3, 0.4) is 0 Å². The Balaban J connectivity index is 1.35. The zero-order valence-electron chi connectivity index (χ0n) is 13.6. The molecule has 3 N–H and O–H groups in total. The largest absolute Gasteiger partial charge is 0.390 e. The zero-order valence-corrected chi connectivity index (χ0v) is 13.6. The minimum Gasteiger partial charge on any atom is -0.390 e. The van der Waals surface area contributed by atoms with Crippen molar-refractivity contribution in [3.05, 3.63) is 29.8 Å². The smallest absolute Gasteiger partial charge is 0.235 e. The highest BCUT2D eigenvalue weighted by Crippen LogP contribution is 2.47. The van der Waals surface area contributed by atoms with Crippen LogP contribution in [0.25, 0.3) is 0 Å². The number of hydrogen-bond acceptors (Lipinski definition) is 3. The van der Waals surface area contributed by atoms with E-state index in [9.17, 15) is 9.90 Å². The summed E-state index contributed by atoms with van der Waals surface area (Å²) in [7, 11) is 0. The van der Waals surface area contributed by atoms with E-state index in [1.165, 1.54) is 5.56 Å². The number of aliphatic hydroxyl groups is 1. The second-order valence-corrected chi connectivity index (χ2v) is 7.64. The molecule has 0 unspecified atom stereocenters. The number of para-hydroxylation sites is 1. The van der Waals surface area contributed by atoms with E-state index in [2.05, 4.69) is 16.7 Å². The lowest BCUT2D eigenvalue weighted by Crippen LogP contribution is -2.45. The number of carbonyl (C=O) groups is 1. The summed E-state index contributed by atoms with van der Waals surface area (Å²) in [5.74, 6) is 0.181. The average Bonchev–Trinajstić information content (AvgIpc) is 2.80. The molecular weight excluding hydrogens is 288 g/mol. The molecule has 1 aliphatic heterocycles. The summed E-state index contributed by atoms with van der Waals surface area (Å²) in [5, 5.41) is 16.8. The molecule has 23 heavy (non-hydrogen) atoms. The first-order valence-electron chi connectivity index (χ1n) is 8.98. The molecule has 0 aromatic heterocycles. The van der Waals surface area contributed by atoms with Crippen molar-refractivity contribution in [1.29, 1.82) is 0 Å². The Hall–Kier alpha value is -1.39. The topological polar surface area (TPSA) is 61.4 Å². The van der Waals surface area contributed by atoms with E-state index in [0.717, 1.165) is 63.6 Å². The van der Waals surface area contributed by atoms with Gasteiger partial charge in [0.05, 0.1) is 11.0 Å². The molecule has 2 aliphatic carbocycles. The number of rotatable bonds is 4. The third-order valence-corrected chi connectivity index (χ3v) is 6.27. The van der Waals surface area contributed by atoms with Gasteiger partial charge in [-0.3, -0.25) is 4.79 Å². The summed E-state index contributed by atoms with van der Waals surface area (Å²) >= 11 is 0. The van der Waals surface area contributed by atoms with E-state index in [1.54, 1.807) is 0 Å². The molecule has 1 aromatic rings. The van der Waals surface area contributed by atoms with Crippen LogP contribution in [0.4, 0.5) is 5.69 Å². The third-order valence-electron chi connectivity index (χ3n) is 6.27. The van der Waals surface area contributed by atoms with Crippen molar-refractivity contribution in [3.8, 4) is 0 Å². The molecule has 1 aromatic carbocycles. The normalized spacial score (nSPS) is 31.5. The molecule has 2 fully saturated rings. The van der Waals surface area contributed by atoms with Gasteiger partial charge in [0.25, 0.3) is 0 Å². The quantitative estimate of drug-likeness (QED) is 0.801. The minimum atomic E-state index is -0.396. The molecular formula is C19H26N2O2. The maximum atomic E-state index is 12.5. The van der Waals surface area contributed by atoms with E-state index in [0.29, 0.717) is 6.04 Å². The fraction of sp³-hybridized carbons (Fsp3) is 0.632. The monoisotopic (exact) mass is 314 g/mol. The Labute approximate surface area is 137 Å². The summed E-state index contributed by atoms with van der Waals surface area (Å²) in [6, 6.07) is 8.60. The van der Waals surface area contributed by atoms with Crippen molar-refractivity contribution >= 4 is 11.6 Å². The number of benzene rings is 1. The van der Waals surface area contributed by atoms with Crippen LogP contribution in [0, 0.1) is 0 Å². The summed E-state index contributed by atoms with van der Waals surface area (Å²) in [4.78, 5) is 12.5. The highest BCUT2D eigenvalue weighted by molar-refractivity contribution is 6.06. The SMILES string of the molecule is O=C1Nc2ccccc2C12CCC(NCCC1(O)CCC1)CC2. The van der Waals surface area contributed by atoms with Crippen LogP contribution in [-0.4, -0.2) is 29.2 Å². The molecule has 3 aliphatic rings. The molecule has 0 saturated heterocycles. The van der Waals surface area contributed by atoms with Gasteiger partial charge in [0.2, 0.25) is 5.91 Å². The predicted molar refractivity (Wildman–Crippen MR) is 90.4 cm³/mol. The molecule has 2 saturated carbocycles. The van der Waals surface area contributed by atoms with Crippen LogP contribution in [-0.2, 0) is 10.2 Å². The van der Waals surface area contributed by atoms with Crippen molar-refractivity contribution in [2.75, 3.05) is 11.9 Å². The van der Waals surface area contributed by atoms with Crippen LogP contribution in [0.5, 0.6) is 0 Å². The molecule has 1 heterocycles. The van der Waals surface area contributed by atoms with E-state index < -0.39 is 5.60 Å². The van der Waals surface area contributed by atoms with Gasteiger partial charge < -0.3 is 15.7 Å². The number of hydrogen-bond donors (Lipinski definition) is 3. The van der Waals surface area contributed by atoms with E-state index in [4.69, 9.17) is 0 Å². The lowest BCUT2D eigenvalue weighted by atomic mass is 9.69. The highest BCUT2D eigenvalue weighted by Gasteiger charge is 2.48. The Morgan fingerprint density at radius 1 is 1.17 bits per heavy atom. The first kappa shape index (κ1) is 15.2. The van der Waals surface area contributed by atoms with Crippen molar-refractivity contribution < 1.29 is 9.90 Å². The molecule has 0 atom stereocenters. The maximum absolute atomic E-state index is 12.5. The zero-order chi connectivity index (χ0) is 15.9. The fourth-order valence-corrected chi connectivity index (χ4v) is 4.53. The summed E-state index contributed by atoms with van der Waals surface area (Å²) in [6.45, 7) is 0.886. The number of carbonyl (C=O) groups excluding carboxylic acids is 1. The Morgan fingerprint density at radius 3 is 2.61 bits per heavy atom. The number of amides is 1. The van der Waals surface area contributed by atoms with Gasteiger partial charge in [-0.1, -0.05) is 18.2 Å². The summed E-state index contributed by atoms with van der Waals surface area (Å²) in [6.07, 6.45) is 7.82. The van der Waals surface area contributed by atoms with Gasteiger partial charge in [0.1, 0.15) is 0 Å². The highest BCUT2D eigenvalue weighted by atomic mass is 16.3. The first-order valence-corrected chi connectivity index (χ1v) is 8.98. The van der Waals surface area contributed by atoms with Gasteiger partial charge in [0, 0.05) is 11.7 Å². The van der Waals surface area contributed by atoms with Crippen molar-refractivity contribution in [2.45, 2.75) is 68.4 Å². The van der Waals surface area contributed by atoms with Gasteiger partial charge in [-0.2, -0.15) is 0 Å². The molecule has 4 heteroatoms. The maximum Gasteiger partial charge on any atom is 0.235 e. The van der Waals surface area contributed by atoms with Gasteiger partial charge in [0.15, 0.2) is 0 Å². The number of anilines is 1. The van der Waals surface area contributed by atoms with Gasteiger partial charge in [-0.25, -0.2) is 0 Å². The van der Waals surface area contributed by atoms with Crippen molar-refractivity contribution in [3.63, 3.8) is 0 Å². The molecule has 4 nitrogen and oxygen atoms in total. The Kier molecular flexibility index (Phi) is 3.69. The van der Waals surface area contributed by atoms with E-state index in [1.807, 2.05) is 18.2 Å². The fourth-order valence-electron chi connectivity index (χ4n) is 4.53. The van der Waals surface area contributed by atoms with Crippen LogP contribution < -0.4 is 10.6 Å². The molecule has 0 radical (unpaired) electrons. The van der Waals surface area contributed by atoms with Crippen molar-refractivity contribution in [1.82, 2.24) is 5.32 Å². The number of nitrogens with one attached hydrogen (secondary N) is 2. The Bertz CT molecular complexity index is 601. The number of fused-ring (bicyclic) bond motifs is 2. The lowest BCUT2D eigenvalue weighted by Gasteiger charge is -2.39. The van der Waals surface area contributed by atoms with E-state index >= 15 is 0 Å². The van der Waals surface area contributed by atoms with Gasteiger partial charge in [-0.05, 0) is 69.5 Å². The molecule has 1 spiro atoms.